The molecular weight excluding hydrogens is 504 g/mol. The van der Waals surface area contributed by atoms with Gasteiger partial charge in [0.25, 0.3) is 0 Å². The summed E-state index contributed by atoms with van der Waals surface area (Å²) in [6.07, 6.45) is 0. The summed E-state index contributed by atoms with van der Waals surface area (Å²) in [5.41, 5.74) is 0.300. The van der Waals surface area contributed by atoms with Crippen molar-refractivity contribution in [1.82, 2.24) is 0 Å². The predicted molar refractivity (Wildman–Crippen MR) is 86.5 cm³/mol. The Morgan fingerprint density at radius 1 is 0.652 bits per heavy atom. The number of halogens is 3. The second-order valence-electron chi connectivity index (χ2n) is 4.76. The summed E-state index contributed by atoms with van der Waals surface area (Å²) < 4.78 is 10.2. The van der Waals surface area contributed by atoms with Crippen molar-refractivity contribution in [3.63, 3.8) is 0 Å². The maximum atomic E-state index is 12.1. The molecule has 0 fully saturated rings. The third-order valence-electron chi connectivity index (χ3n) is 3.61. The first-order chi connectivity index (χ1) is 10.8. The zero-order valence-electron chi connectivity index (χ0n) is 10.7. The van der Waals surface area contributed by atoms with E-state index in [1.165, 1.54) is 6.07 Å². The Balaban J connectivity index is 2.41. The molecule has 2 aromatic carbocycles. The minimum Gasteiger partial charge on any atom is -0.386 e. The van der Waals surface area contributed by atoms with Crippen LogP contribution in [-0.4, -0.2) is 23.9 Å². The van der Waals surface area contributed by atoms with E-state index in [0.717, 1.165) is 0 Å². The third-order valence-corrected chi connectivity index (χ3v) is 6.36. The topological polar surface area (TPSA) is 86.7 Å². The van der Waals surface area contributed by atoms with Crippen molar-refractivity contribution >= 4 is 82.4 Å². The molecule has 2 heterocycles. The summed E-state index contributed by atoms with van der Waals surface area (Å²) in [4.78, 5) is 48.4. The minimum absolute atomic E-state index is 0.0651. The van der Waals surface area contributed by atoms with Crippen molar-refractivity contribution in [2.45, 2.75) is 0 Å². The molecule has 2 aliphatic rings. The normalized spacial score (nSPS) is 15.8. The average molecular weight is 505 g/mol. The van der Waals surface area contributed by atoms with Crippen LogP contribution in [0.2, 0.25) is 0 Å². The molecular formula is C14HBr3O6. The zero-order chi connectivity index (χ0) is 16.6. The monoisotopic (exact) mass is 502 g/mol. The smallest absolute Gasteiger partial charge is 0.347 e. The molecule has 0 amide bonds. The highest BCUT2D eigenvalue weighted by Gasteiger charge is 2.40. The molecule has 4 rings (SSSR count). The number of hydrogen-bond acceptors (Lipinski definition) is 6. The molecule has 0 aliphatic carbocycles. The van der Waals surface area contributed by atoms with E-state index in [2.05, 4.69) is 47.8 Å². The highest BCUT2D eigenvalue weighted by Crippen LogP contribution is 2.46. The van der Waals surface area contributed by atoms with Crippen LogP contribution in [0.3, 0.4) is 0 Å². The van der Waals surface area contributed by atoms with E-state index in [4.69, 9.17) is 9.47 Å². The van der Waals surface area contributed by atoms with Crippen molar-refractivity contribution in [3.8, 4) is 0 Å². The van der Waals surface area contributed by atoms with E-state index in [0.29, 0.717) is 0 Å². The predicted octanol–water partition coefficient (Wildman–Crippen LogP) is 3.75. The van der Waals surface area contributed by atoms with Crippen molar-refractivity contribution in [3.05, 3.63) is 41.7 Å². The van der Waals surface area contributed by atoms with Gasteiger partial charge in [0.2, 0.25) is 0 Å². The van der Waals surface area contributed by atoms with Crippen LogP contribution in [-0.2, 0) is 9.47 Å². The van der Waals surface area contributed by atoms with Gasteiger partial charge in [-0.25, -0.2) is 19.2 Å². The van der Waals surface area contributed by atoms with Crippen LogP contribution >= 0.6 is 47.8 Å². The van der Waals surface area contributed by atoms with Crippen molar-refractivity contribution in [2.24, 2.45) is 0 Å². The van der Waals surface area contributed by atoms with Gasteiger partial charge in [-0.2, -0.15) is 0 Å². The Morgan fingerprint density at radius 3 is 1.74 bits per heavy atom. The van der Waals surface area contributed by atoms with Crippen molar-refractivity contribution < 1.29 is 28.7 Å². The summed E-state index contributed by atoms with van der Waals surface area (Å²) in [5.74, 6) is -3.42. The van der Waals surface area contributed by atoms with Crippen molar-refractivity contribution in [1.29, 1.82) is 0 Å². The maximum Gasteiger partial charge on any atom is 0.347 e. The highest BCUT2D eigenvalue weighted by molar-refractivity contribution is 9.13. The van der Waals surface area contributed by atoms with Gasteiger partial charge in [0, 0.05) is 24.2 Å². The van der Waals surface area contributed by atoms with Gasteiger partial charge in [0.05, 0.1) is 22.3 Å². The molecule has 114 valence electrons. The minimum atomic E-state index is -0.864. The number of esters is 4. The summed E-state index contributed by atoms with van der Waals surface area (Å²) in [7, 11) is 0. The number of rotatable bonds is 0. The first-order valence-electron chi connectivity index (χ1n) is 6.03. The molecule has 0 atom stereocenters. The first-order valence-corrected chi connectivity index (χ1v) is 8.41. The number of carbonyl (C=O) groups excluding carboxylic acids is 4. The average Bonchev–Trinajstić information content (AvgIpc) is 2.46. The number of hydrogen-bond donors (Lipinski definition) is 0. The van der Waals surface area contributed by atoms with Gasteiger partial charge in [-0.15, -0.1) is 0 Å². The van der Waals surface area contributed by atoms with Crippen LogP contribution in [0.5, 0.6) is 0 Å². The Bertz CT molecular complexity index is 1020. The van der Waals surface area contributed by atoms with Gasteiger partial charge < -0.3 is 9.47 Å². The molecule has 0 saturated heterocycles. The van der Waals surface area contributed by atoms with Crippen molar-refractivity contribution in [2.75, 3.05) is 0 Å². The van der Waals surface area contributed by atoms with Crippen LogP contribution in [0.15, 0.2) is 19.5 Å². The number of cyclic esters (lactones) is 4. The van der Waals surface area contributed by atoms with Gasteiger partial charge in [0.1, 0.15) is 0 Å². The highest BCUT2D eigenvalue weighted by atomic mass is 79.9. The second-order valence-corrected chi connectivity index (χ2v) is 7.20. The fourth-order valence-electron chi connectivity index (χ4n) is 2.72. The number of benzene rings is 2. The Hall–Kier alpha value is -1.58. The molecule has 0 spiro atoms. The Labute approximate surface area is 152 Å². The fourth-order valence-corrected chi connectivity index (χ4v) is 4.42. The summed E-state index contributed by atoms with van der Waals surface area (Å²) in [6.45, 7) is 0. The molecule has 0 aromatic heterocycles. The lowest BCUT2D eigenvalue weighted by Crippen LogP contribution is -2.26. The largest absolute Gasteiger partial charge is 0.386 e. The summed E-state index contributed by atoms with van der Waals surface area (Å²) in [5, 5.41) is 0.380. The quantitative estimate of drug-likeness (QED) is 0.401. The van der Waals surface area contributed by atoms with E-state index in [9.17, 15) is 19.2 Å². The van der Waals surface area contributed by atoms with Crippen LogP contribution in [0.25, 0.3) is 10.8 Å². The van der Waals surface area contributed by atoms with Gasteiger partial charge in [-0.05, 0) is 53.9 Å². The molecule has 0 N–H and O–H groups in total. The van der Waals surface area contributed by atoms with Crippen LogP contribution < -0.4 is 0 Å². The molecule has 2 aromatic rings. The lowest BCUT2D eigenvalue weighted by Gasteiger charge is -2.24. The molecule has 9 heteroatoms. The lowest BCUT2D eigenvalue weighted by atomic mass is 9.89. The molecule has 0 unspecified atom stereocenters. The standard InChI is InChI=1S/C14HBr3O6/c15-3-1-2-4-6-5(3)12(19)23-14(21)8(6)10(17)9(16)7(4)13(20)22-11(2)18/h1H. The van der Waals surface area contributed by atoms with E-state index >= 15 is 0 Å². The molecule has 0 saturated carbocycles. The maximum absolute atomic E-state index is 12.1. The van der Waals surface area contributed by atoms with E-state index in [-0.39, 0.29) is 46.4 Å². The van der Waals surface area contributed by atoms with Gasteiger partial charge in [0.15, 0.2) is 0 Å². The lowest BCUT2D eigenvalue weighted by molar-refractivity contribution is 0.0364. The molecule has 6 nitrogen and oxygen atoms in total. The first kappa shape index (κ1) is 15.0. The third kappa shape index (κ3) is 1.78. The fraction of sp³-hybridized carbons (Fsp3) is 0. The molecule has 0 bridgehead atoms. The van der Waals surface area contributed by atoms with Gasteiger partial charge in [-0.1, -0.05) is 0 Å². The Kier molecular flexibility index (Phi) is 3.07. The summed E-state index contributed by atoms with van der Waals surface area (Å²) in [6, 6.07) is 1.37. The van der Waals surface area contributed by atoms with Gasteiger partial charge in [-0.3, -0.25) is 0 Å². The van der Waals surface area contributed by atoms with E-state index in [1.54, 1.807) is 0 Å². The van der Waals surface area contributed by atoms with Gasteiger partial charge >= 0.3 is 23.9 Å². The second kappa shape index (κ2) is 4.71. The molecule has 2 aliphatic heterocycles. The molecule has 23 heavy (non-hydrogen) atoms. The summed E-state index contributed by atoms with van der Waals surface area (Å²) >= 11 is 9.66. The SMILES string of the molecule is O=C1OC(=O)c2c(Br)c(Br)c3c4c(c(Br)cc1c24)C(=O)OC3=O. The number of ether oxygens (including phenoxy) is 2. The van der Waals surface area contributed by atoms with Crippen LogP contribution in [0.1, 0.15) is 41.4 Å². The Morgan fingerprint density at radius 2 is 1.13 bits per heavy atom. The number of carbonyl (C=O) groups is 4. The van der Waals surface area contributed by atoms with Crippen LogP contribution in [0.4, 0.5) is 0 Å². The molecule has 0 radical (unpaired) electrons. The van der Waals surface area contributed by atoms with Crippen LogP contribution in [0, 0.1) is 0 Å². The van der Waals surface area contributed by atoms with E-state index < -0.39 is 23.9 Å². The zero-order valence-corrected chi connectivity index (χ0v) is 15.4. The van der Waals surface area contributed by atoms with E-state index in [1.807, 2.05) is 0 Å².